The molecule has 1 heterocycles. The van der Waals surface area contributed by atoms with E-state index in [2.05, 4.69) is 33.0 Å². The number of hydrogen-bond acceptors (Lipinski definition) is 5. The molecular formula is C23H42N4O4. The van der Waals surface area contributed by atoms with Gasteiger partial charge < -0.3 is 25.6 Å². The zero-order chi connectivity index (χ0) is 23.3. The first kappa shape index (κ1) is 25.6. The molecule has 1 aliphatic heterocycles. The van der Waals surface area contributed by atoms with E-state index in [-0.39, 0.29) is 48.7 Å². The Labute approximate surface area is 187 Å². The quantitative estimate of drug-likeness (QED) is 0.509. The van der Waals surface area contributed by atoms with Gasteiger partial charge in [-0.3, -0.25) is 14.4 Å². The number of nitrogens with one attached hydrogen (secondary N) is 1. The van der Waals surface area contributed by atoms with Gasteiger partial charge in [0.25, 0.3) is 0 Å². The lowest BCUT2D eigenvalue weighted by Crippen LogP contribution is -2.54. The summed E-state index contributed by atoms with van der Waals surface area (Å²) in [6.45, 7) is 9.11. The van der Waals surface area contributed by atoms with Crippen molar-refractivity contribution in [1.29, 1.82) is 0 Å². The molecule has 3 amide bonds. The zero-order valence-electron chi connectivity index (χ0n) is 20.1. The van der Waals surface area contributed by atoms with Gasteiger partial charge in [0.2, 0.25) is 17.7 Å². The van der Waals surface area contributed by atoms with Crippen molar-refractivity contribution < 1.29 is 19.1 Å². The topological polar surface area (TPSA) is 105 Å². The van der Waals surface area contributed by atoms with Crippen molar-refractivity contribution in [3.63, 3.8) is 0 Å². The first-order chi connectivity index (χ1) is 14.6. The molecule has 0 aromatic carbocycles. The third-order valence-electron chi connectivity index (χ3n) is 7.16. The van der Waals surface area contributed by atoms with Gasteiger partial charge in [-0.25, -0.2) is 0 Å². The van der Waals surface area contributed by atoms with Crippen LogP contribution in [0.4, 0.5) is 0 Å². The SMILES string of the molecule is CCC(C)C(C(CC(=O)N1CCCC1C(C)C)OC)N(C)C(=O)CNC(=O)C1(N)CC1. The van der Waals surface area contributed by atoms with Crippen molar-refractivity contribution in [2.24, 2.45) is 17.6 Å². The minimum atomic E-state index is -0.806. The first-order valence-corrected chi connectivity index (χ1v) is 11.7. The number of ether oxygens (including phenoxy) is 1. The normalized spacial score (nSPS) is 22.7. The largest absolute Gasteiger partial charge is 0.379 e. The second kappa shape index (κ2) is 10.8. The Morgan fingerprint density at radius 1 is 1.26 bits per heavy atom. The summed E-state index contributed by atoms with van der Waals surface area (Å²) < 4.78 is 5.77. The number of hydrogen-bond donors (Lipinski definition) is 2. The summed E-state index contributed by atoms with van der Waals surface area (Å²) in [5, 5.41) is 2.67. The van der Waals surface area contributed by atoms with Gasteiger partial charge in [0.05, 0.1) is 30.7 Å². The molecule has 0 aromatic heterocycles. The molecule has 8 nitrogen and oxygen atoms in total. The van der Waals surface area contributed by atoms with Gasteiger partial charge in [-0.05, 0) is 37.5 Å². The molecule has 2 aliphatic rings. The lowest BCUT2D eigenvalue weighted by Gasteiger charge is -2.38. The third kappa shape index (κ3) is 6.19. The maximum Gasteiger partial charge on any atom is 0.242 e. The third-order valence-corrected chi connectivity index (χ3v) is 7.16. The van der Waals surface area contributed by atoms with Gasteiger partial charge in [0.15, 0.2) is 0 Å². The Bertz CT molecular complexity index is 649. The molecule has 3 N–H and O–H groups in total. The van der Waals surface area contributed by atoms with Crippen LogP contribution in [0.2, 0.25) is 0 Å². The van der Waals surface area contributed by atoms with Gasteiger partial charge in [0.1, 0.15) is 0 Å². The fourth-order valence-corrected chi connectivity index (χ4v) is 4.65. The molecule has 4 unspecified atom stereocenters. The number of methoxy groups -OCH3 is 1. The van der Waals surface area contributed by atoms with E-state index in [1.54, 1.807) is 19.1 Å². The van der Waals surface area contributed by atoms with Crippen molar-refractivity contribution >= 4 is 17.7 Å². The maximum atomic E-state index is 13.1. The zero-order valence-corrected chi connectivity index (χ0v) is 20.1. The molecule has 0 aromatic rings. The second-order valence-corrected chi connectivity index (χ2v) is 9.74. The molecule has 0 radical (unpaired) electrons. The van der Waals surface area contributed by atoms with Gasteiger partial charge in [-0.1, -0.05) is 34.1 Å². The van der Waals surface area contributed by atoms with E-state index in [9.17, 15) is 14.4 Å². The van der Waals surface area contributed by atoms with Crippen LogP contribution < -0.4 is 11.1 Å². The van der Waals surface area contributed by atoms with Gasteiger partial charge in [-0.15, -0.1) is 0 Å². The predicted molar refractivity (Wildman–Crippen MR) is 120 cm³/mol. The average Bonchev–Trinajstić information content (AvgIpc) is 3.29. The Morgan fingerprint density at radius 3 is 2.42 bits per heavy atom. The highest BCUT2D eigenvalue weighted by Crippen LogP contribution is 2.32. The summed E-state index contributed by atoms with van der Waals surface area (Å²) in [6, 6.07) is 0.00357. The minimum absolute atomic E-state index is 0.0873. The fourth-order valence-electron chi connectivity index (χ4n) is 4.65. The van der Waals surface area contributed by atoms with Crippen molar-refractivity contribution in [3.8, 4) is 0 Å². The summed E-state index contributed by atoms with van der Waals surface area (Å²) >= 11 is 0. The van der Waals surface area contributed by atoms with E-state index in [0.29, 0.717) is 18.8 Å². The lowest BCUT2D eigenvalue weighted by molar-refractivity contribution is -0.143. The van der Waals surface area contributed by atoms with Crippen LogP contribution in [0.5, 0.6) is 0 Å². The van der Waals surface area contributed by atoms with Gasteiger partial charge in [0, 0.05) is 26.7 Å². The van der Waals surface area contributed by atoms with E-state index in [1.165, 1.54) is 0 Å². The molecule has 1 saturated heterocycles. The van der Waals surface area contributed by atoms with Crippen LogP contribution in [0, 0.1) is 11.8 Å². The highest BCUT2D eigenvalue weighted by Gasteiger charge is 2.46. The Hall–Kier alpha value is -1.67. The summed E-state index contributed by atoms with van der Waals surface area (Å²) in [5.74, 6) is 0.152. The molecule has 0 spiro atoms. The molecule has 0 bridgehead atoms. The predicted octanol–water partition coefficient (Wildman–Crippen LogP) is 1.52. The molecule has 8 heteroatoms. The number of likely N-dealkylation sites (N-methyl/N-ethyl adjacent to an activating group) is 1. The Balaban J connectivity index is 2.06. The number of nitrogens with zero attached hydrogens (tertiary/aromatic N) is 2. The Morgan fingerprint density at radius 2 is 1.90 bits per heavy atom. The van der Waals surface area contributed by atoms with Crippen molar-refractivity contribution in [1.82, 2.24) is 15.1 Å². The number of nitrogens with two attached hydrogens (primary N) is 1. The van der Waals surface area contributed by atoms with Crippen LogP contribution in [0.1, 0.15) is 66.2 Å². The number of carbonyl (C=O) groups is 3. The number of rotatable bonds is 11. The standard InChI is InChI=1S/C23H42N4O4/c1-7-16(4)21(26(5)20(29)14-25-22(30)23(24)10-11-23)18(31-6)13-19(28)27-12-8-9-17(27)15(2)3/h15-18,21H,7-14,24H2,1-6H3,(H,25,30). The van der Waals surface area contributed by atoms with E-state index in [4.69, 9.17) is 10.5 Å². The summed E-state index contributed by atoms with van der Waals surface area (Å²) in [7, 11) is 3.33. The lowest BCUT2D eigenvalue weighted by atomic mass is 9.90. The van der Waals surface area contributed by atoms with Crippen molar-refractivity contribution in [2.75, 3.05) is 27.2 Å². The number of likely N-dealkylation sites (tertiary alicyclic amines) is 1. The summed E-state index contributed by atoms with van der Waals surface area (Å²) in [4.78, 5) is 41.7. The van der Waals surface area contributed by atoms with E-state index >= 15 is 0 Å². The molecule has 2 fully saturated rings. The average molecular weight is 439 g/mol. The molecule has 1 aliphatic carbocycles. The second-order valence-electron chi connectivity index (χ2n) is 9.74. The molecule has 31 heavy (non-hydrogen) atoms. The number of amides is 3. The fraction of sp³-hybridized carbons (Fsp3) is 0.870. The van der Waals surface area contributed by atoms with Crippen molar-refractivity contribution in [3.05, 3.63) is 0 Å². The highest BCUT2D eigenvalue weighted by atomic mass is 16.5. The van der Waals surface area contributed by atoms with Crippen LogP contribution in [-0.2, 0) is 19.1 Å². The monoisotopic (exact) mass is 438 g/mol. The van der Waals surface area contributed by atoms with Crippen LogP contribution in [0.3, 0.4) is 0 Å². The van der Waals surface area contributed by atoms with Gasteiger partial charge >= 0.3 is 0 Å². The van der Waals surface area contributed by atoms with Crippen LogP contribution in [-0.4, -0.2) is 78.5 Å². The molecule has 4 atom stereocenters. The van der Waals surface area contributed by atoms with E-state index in [1.807, 2.05) is 4.90 Å². The van der Waals surface area contributed by atoms with Crippen LogP contribution in [0.25, 0.3) is 0 Å². The van der Waals surface area contributed by atoms with Crippen LogP contribution in [0.15, 0.2) is 0 Å². The summed E-state index contributed by atoms with van der Waals surface area (Å²) in [5.41, 5.74) is 5.09. The summed E-state index contributed by atoms with van der Waals surface area (Å²) in [6.07, 6.45) is 4.04. The van der Waals surface area contributed by atoms with E-state index < -0.39 is 11.6 Å². The highest BCUT2D eigenvalue weighted by molar-refractivity contribution is 5.92. The minimum Gasteiger partial charge on any atom is -0.379 e. The Kier molecular flexibility index (Phi) is 8.89. The molecule has 2 rings (SSSR count). The van der Waals surface area contributed by atoms with Crippen LogP contribution >= 0.6 is 0 Å². The number of carbonyl (C=O) groups excluding carboxylic acids is 3. The van der Waals surface area contributed by atoms with Crippen molar-refractivity contribution in [2.45, 2.75) is 89.9 Å². The molecular weight excluding hydrogens is 396 g/mol. The maximum absolute atomic E-state index is 13.1. The smallest absolute Gasteiger partial charge is 0.242 e. The first-order valence-electron chi connectivity index (χ1n) is 11.7. The van der Waals surface area contributed by atoms with E-state index in [0.717, 1.165) is 25.8 Å². The van der Waals surface area contributed by atoms with Gasteiger partial charge in [-0.2, -0.15) is 0 Å². The molecule has 178 valence electrons. The molecule has 1 saturated carbocycles.